The second kappa shape index (κ2) is 4.79. The van der Waals surface area contributed by atoms with E-state index in [0.717, 1.165) is 25.3 Å². The first-order valence-electron chi connectivity index (χ1n) is 5.81. The summed E-state index contributed by atoms with van der Waals surface area (Å²) in [6, 6.07) is 2.51. The van der Waals surface area contributed by atoms with Gasteiger partial charge in [0.2, 0.25) is 0 Å². The molecule has 1 aliphatic carbocycles. The topological polar surface area (TPSA) is 35.8 Å². The molecule has 1 rings (SSSR count). The van der Waals surface area contributed by atoms with E-state index >= 15 is 0 Å². The third kappa shape index (κ3) is 2.27. The van der Waals surface area contributed by atoms with Gasteiger partial charge in [-0.25, -0.2) is 0 Å². The van der Waals surface area contributed by atoms with E-state index in [-0.39, 0.29) is 5.54 Å². The fourth-order valence-corrected chi connectivity index (χ4v) is 2.46. The van der Waals surface area contributed by atoms with Crippen molar-refractivity contribution in [1.29, 1.82) is 5.26 Å². The van der Waals surface area contributed by atoms with Gasteiger partial charge in [0.1, 0.15) is 5.54 Å². The Morgan fingerprint density at radius 3 is 2.71 bits per heavy atom. The minimum absolute atomic E-state index is 0.234. The maximum Gasteiger partial charge on any atom is 0.109 e. The van der Waals surface area contributed by atoms with Gasteiger partial charge in [-0.15, -0.1) is 0 Å². The summed E-state index contributed by atoms with van der Waals surface area (Å²) in [6.45, 7) is 7.61. The van der Waals surface area contributed by atoms with Crippen LogP contribution < -0.4 is 5.32 Å². The Labute approximate surface area is 87.7 Å². The van der Waals surface area contributed by atoms with Crippen LogP contribution >= 0.6 is 0 Å². The molecule has 0 aromatic heterocycles. The van der Waals surface area contributed by atoms with Crippen molar-refractivity contribution in [3.8, 4) is 6.07 Å². The Bertz CT molecular complexity index is 215. The monoisotopic (exact) mass is 194 g/mol. The molecule has 0 aliphatic heterocycles. The van der Waals surface area contributed by atoms with Crippen LogP contribution in [0.3, 0.4) is 0 Å². The predicted octanol–water partition coefficient (Wildman–Crippen LogP) is 2.70. The zero-order chi connectivity index (χ0) is 10.6. The molecule has 14 heavy (non-hydrogen) atoms. The summed E-state index contributed by atoms with van der Waals surface area (Å²) in [7, 11) is 0. The molecule has 0 aromatic carbocycles. The number of hydrogen-bond donors (Lipinski definition) is 1. The predicted molar refractivity (Wildman–Crippen MR) is 58.8 cm³/mol. The second-order valence-electron chi connectivity index (χ2n) is 4.79. The summed E-state index contributed by atoms with van der Waals surface area (Å²) in [5.74, 6) is 1.28. The average Bonchev–Trinajstić information content (AvgIpc) is 2.18. The van der Waals surface area contributed by atoms with E-state index in [2.05, 4.69) is 32.2 Å². The highest BCUT2D eigenvalue weighted by Crippen LogP contribution is 2.36. The van der Waals surface area contributed by atoms with Gasteiger partial charge in [0, 0.05) is 0 Å². The summed E-state index contributed by atoms with van der Waals surface area (Å²) in [6.07, 6.45) is 4.50. The van der Waals surface area contributed by atoms with Gasteiger partial charge in [-0.3, -0.25) is 5.32 Å². The van der Waals surface area contributed by atoms with Crippen molar-refractivity contribution < 1.29 is 0 Å². The molecule has 0 heterocycles. The fourth-order valence-electron chi connectivity index (χ4n) is 2.46. The Morgan fingerprint density at radius 2 is 2.21 bits per heavy atom. The lowest BCUT2D eigenvalue weighted by Crippen LogP contribution is -2.52. The number of hydrogen-bond acceptors (Lipinski definition) is 2. The van der Waals surface area contributed by atoms with Crippen molar-refractivity contribution in [3.63, 3.8) is 0 Å². The maximum atomic E-state index is 9.31. The molecule has 1 fully saturated rings. The van der Waals surface area contributed by atoms with Gasteiger partial charge < -0.3 is 0 Å². The molecule has 0 spiro atoms. The van der Waals surface area contributed by atoms with Crippen LogP contribution in [0.25, 0.3) is 0 Å². The summed E-state index contributed by atoms with van der Waals surface area (Å²) >= 11 is 0. The van der Waals surface area contributed by atoms with E-state index in [0.29, 0.717) is 5.92 Å². The Balaban J connectivity index is 2.64. The molecule has 1 saturated carbocycles. The first kappa shape index (κ1) is 11.5. The first-order valence-corrected chi connectivity index (χ1v) is 5.81. The quantitative estimate of drug-likeness (QED) is 0.750. The van der Waals surface area contributed by atoms with Crippen molar-refractivity contribution in [2.24, 2.45) is 11.8 Å². The molecule has 80 valence electrons. The average molecular weight is 194 g/mol. The van der Waals surface area contributed by atoms with Crippen molar-refractivity contribution in [1.82, 2.24) is 5.32 Å². The van der Waals surface area contributed by atoms with E-state index in [1.165, 1.54) is 12.8 Å². The van der Waals surface area contributed by atoms with Crippen molar-refractivity contribution in [2.45, 2.75) is 52.0 Å². The molecule has 0 radical (unpaired) electrons. The lowest BCUT2D eigenvalue weighted by atomic mass is 9.70. The van der Waals surface area contributed by atoms with Gasteiger partial charge in [-0.1, -0.05) is 20.8 Å². The third-order valence-electron chi connectivity index (χ3n) is 3.52. The molecule has 2 heteroatoms. The van der Waals surface area contributed by atoms with Gasteiger partial charge in [-0.2, -0.15) is 5.26 Å². The van der Waals surface area contributed by atoms with E-state index < -0.39 is 0 Å². The molecule has 3 unspecified atom stereocenters. The molecule has 0 saturated heterocycles. The SMILES string of the molecule is CCCNC1(C#N)CCC(C)CC1C. The van der Waals surface area contributed by atoms with Crippen LogP contribution in [0.2, 0.25) is 0 Å². The van der Waals surface area contributed by atoms with Crippen LogP contribution in [-0.2, 0) is 0 Å². The number of nitriles is 1. The Kier molecular flexibility index (Phi) is 3.95. The first-order chi connectivity index (χ1) is 6.64. The van der Waals surface area contributed by atoms with Crippen LogP contribution in [-0.4, -0.2) is 12.1 Å². The Hall–Kier alpha value is -0.550. The number of nitrogens with one attached hydrogen (secondary N) is 1. The van der Waals surface area contributed by atoms with Crippen molar-refractivity contribution >= 4 is 0 Å². The molecule has 3 atom stereocenters. The summed E-state index contributed by atoms with van der Waals surface area (Å²) in [4.78, 5) is 0. The van der Waals surface area contributed by atoms with Crippen molar-refractivity contribution in [3.05, 3.63) is 0 Å². The molecule has 2 nitrogen and oxygen atoms in total. The zero-order valence-electron chi connectivity index (χ0n) is 9.64. The van der Waals surface area contributed by atoms with Crippen LogP contribution in [0.15, 0.2) is 0 Å². The Morgan fingerprint density at radius 1 is 1.50 bits per heavy atom. The molecule has 0 bridgehead atoms. The zero-order valence-corrected chi connectivity index (χ0v) is 9.64. The molecular formula is C12H22N2. The van der Waals surface area contributed by atoms with Crippen LogP contribution in [0.4, 0.5) is 0 Å². The second-order valence-corrected chi connectivity index (χ2v) is 4.79. The van der Waals surface area contributed by atoms with E-state index in [1.54, 1.807) is 0 Å². The van der Waals surface area contributed by atoms with Crippen LogP contribution in [0.1, 0.15) is 46.5 Å². The van der Waals surface area contributed by atoms with Gasteiger partial charge in [0.05, 0.1) is 6.07 Å². The molecule has 1 N–H and O–H groups in total. The van der Waals surface area contributed by atoms with E-state index in [9.17, 15) is 5.26 Å². The van der Waals surface area contributed by atoms with Gasteiger partial charge in [-0.05, 0) is 44.1 Å². The van der Waals surface area contributed by atoms with E-state index in [1.807, 2.05) is 0 Å². The van der Waals surface area contributed by atoms with Gasteiger partial charge in [0.15, 0.2) is 0 Å². The van der Waals surface area contributed by atoms with Gasteiger partial charge >= 0.3 is 0 Å². The highest BCUT2D eigenvalue weighted by Gasteiger charge is 2.39. The summed E-state index contributed by atoms with van der Waals surface area (Å²) in [5, 5.41) is 12.8. The molecule has 0 amide bonds. The number of rotatable bonds is 3. The largest absolute Gasteiger partial charge is 0.299 e. The molecule has 1 aliphatic rings. The lowest BCUT2D eigenvalue weighted by Gasteiger charge is -2.40. The standard InChI is InChI=1S/C12H22N2/c1-4-7-14-12(9-13)6-5-10(2)8-11(12)3/h10-11,14H,4-8H2,1-3H3. The minimum atomic E-state index is -0.234. The normalized spacial score (nSPS) is 37.9. The lowest BCUT2D eigenvalue weighted by molar-refractivity contribution is 0.173. The fraction of sp³-hybridized carbons (Fsp3) is 0.917. The highest BCUT2D eigenvalue weighted by atomic mass is 15.0. The van der Waals surface area contributed by atoms with Crippen LogP contribution in [0.5, 0.6) is 0 Å². The molecular weight excluding hydrogens is 172 g/mol. The van der Waals surface area contributed by atoms with Crippen molar-refractivity contribution in [2.75, 3.05) is 6.54 Å². The van der Waals surface area contributed by atoms with Crippen LogP contribution in [0, 0.1) is 23.2 Å². The third-order valence-corrected chi connectivity index (χ3v) is 3.52. The number of nitrogens with zero attached hydrogens (tertiary/aromatic N) is 1. The minimum Gasteiger partial charge on any atom is -0.299 e. The smallest absolute Gasteiger partial charge is 0.109 e. The summed E-state index contributed by atoms with van der Waals surface area (Å²) < 4.78 is 0. The highest BCUT2D eigenvalue weighted by molar-refractivity contribution is 5.12. The van der Waals surface area contributed by atoms with Gasteiger partial charge in [0.25, 0.3) is 0 Å². The molecule has 0 aromatic rings. The van der Waals surface area contributed by atoms with E-state index in [4.69, 9.17) is 0 Å². The summed E-state index contributed by atoms with van der Waals surface area (Å²) in [5.41, 5.74) is -0.234. The maximum absolute atomic E-state index is 9.31.